The molecule has 0 spiro atoms. The minimum atomic E-state index is -0.330. The minimum absolute atomic E-state index is 0.0706. The predicted octanol–water partition coefficient (Wildman–Crippen LogP) is 4.85. The van der Waals surface area contributed by atoms with Crippen LogP contribution in [-0.4, -0.2) is 29.8 Å². The van der Waals surface area contributed by atoms with Gasteiger partial charge in [-0.25, -0.2) is 0 Å². The summed E-state index contributed by atoms with van der Waals surface area (Å²) in [5.74, 6) is -0.401. The maximum Gasteiger partial charge on any atom is 0.257 e. The Labute approximate surface area is 153 Å². The maximum atomic E-state index is 12.9. The number of nitrogens with zero attached hydrogens (tertiary/aromatic N) is 1. The van der Waals surface area contributed by atoms with Crippen LogP contribution in [0.4, 0.5) is 5.69 Å². The maximum absolute atomic E-state index is 12.9. The van der Waals surface area contributed by atoms with Gasteiger partial charge >= 0.3 is 0 Å². The fourth-order valence-corrected chi connectivity index (χ4v) is 2.86. The summed E-state index contributed by atoms with van der Waals surface area (Å²) in [5, 5.41) is 3.19. The van der Waals surface area contributed by atoms with Crippen LogP contribution in [0.3, 0.4) is 0 Å². The topological polar surface area (TPSA) is 49.4 Å². The molecule has 0 aliphatic rings. The molecule has 0 heterocycles. The van der Waals surface area contributed by atoms with Crippen LogP contribution >= 0.6 is 11.6 Å². The average molecular weight is 359 g/mol. The van der Waals surface area contributed by atoms with E-state index in [-0.39, 0.29) is 11.8 Å². The molecule has 0 radical (unpaired) electrons. The number of hydrogen-bond donors (Lipinski definition) is 1. The largest absolute Gasteiger partial charge is 0.339 e. The second kappa shape index (κ2) is 9.23. The molecule has 4 nitrogen and oxygen atoms in total. The molecule has 0 aliphatic heterocycles. The summed E-state index contributed by atoms with van der Waals surface area (Å²) in [4.78, 5) is 27.2. The summed E-state index contributed by atoms with van der Waals surface area (Å²) in [6.45, 7) is 5.47. The molecule has 1 N–H and O–H groups in total. The number of halogens is 1. The first-order valence-electron chi connectivity index (χ1n) is 8.52. The van der Waals surface area contributed by atoms with Crippen molar-refractivity contribution in [2.24, 2.45) is 0 Å². The number of nitrogens with one attached hydrogen (secondary N) is 1. The van der Waals surface area contributed by atoms with Crippen LogP contribution < -0.4 is 5.32 Å². The molecule has 2 rings (SSSR count). The first kappa shape index (κ1) is 19.0. The summed E-state index contributed by atoms with van der Waals surface area (Å²) in [5.41, 5.74) is 1.37. The van der Waals surface area contributed by atoms with Crippen molar-refractivity contribution < 1.29 is 9.59 Å². The molecule has 2 amide bonds. The number of para-hydroxylation sites is 1. The van der Waals surface area contributed by atoms with E-state index in [1.807, 2.05) is 18.7 Å². The van der Waals surface area contributed by atoms with Gasteiger partial charge in [0.1, 0.15) is 0 Å². The first-order valence-corrected chi connectivity index (χ1v) is 8.90. The van der Waals surface area contributed by atoms with Gasteiger partial charge in [-0.2, -0.15) is 0 Å². The normalized spacial score (nSPS) is 10.4. The second-order valence-electron chi connectivity index (χ2n) is 5.77. The lowest BCUT2D eigenvalue weighted by molar-refractivity contribution is 0.0756. The number of carbonyl (C=O) groups excluding carboxylic acids is 2. The lowest BCUT2D eigenvalue weighted by Crippen LogP contribution is -2.33. The third-order valence-corrected chi connectivity index (χ3v) is 4.13. The van der Waals surface area contributed by atoms with Gasteiger partial charge in [-0.1, -0.05) is 49.7 Å². The summed E-state index contributed by atoms with van der Waals surface area (Å²) >= 11 is 6.08. The van der Waals surface area contributed by atoms with Gasteiger partial charge in [0, 0.05) is 13.1 Å². The number of anilines is 1. The Balaban J connectivity index is 2.27. The summed E-state index contributed by atoms with van der Waals surface area (Å²) in [6.07, 6.45) is 1.78. The molecule has 0 fully saturated rings. The Morgan fingerprint density at radius 1 is 0.920 bits per heavy atom. The van der Waals surface area contributed by atoms with Crippen molar-refractivity contribution in [3.63, 3.8) is 0 Å². The highest BCUT2D eigenvalue weighted by Crippen LogP contribution is 2.21. The molecule has 0 aliphatic carbocycles. The molecular formula is C20H23ClN2O2. The van der Waals surface area contributed by atoms with Gasteiger partial charge in [0.2, 0.25) is 0 Å². The highest BCUT2D eigenvalue weighted by Gasteiger charge is 2.19. The molecule has 0 saturated heterocycles. The van der Waals surface area contributed by atoms with Gasteiger partial charge in [0.25, 0.3) is 11.8 Å². The molecule has 0 atom stereocenters. The van der Waals surface area contributed by atoms with Crippen LogP contribution in [0.1, 0.15) is 47.4 Å². The monoisotopic (exact) mass is 358 g/mol. The Morgan fingerprint density at radius 3 is 2.08 bits per heavy atom. The number of hydrogen-bond acceptors (Lipinski definition) is 2. The van der Waals surface area contributed by atoms with Gasteiger partial charge in [-0.3, -0.25) is 9.59 Å². The number of rotatable bonds is 7. The van der Waals surface area contributed by atoms with Crippen LogP contribution in [0, 0.1) is 0 Å². The van der Waals surface area contributed by atoms with Crippen molar-refractivity contribution in [1.82, 2.24) is 4.90 Å². The van der Waals surface area contributed by atoms with E-state index in [2.05, 4.69) is 5.32 Å². The lowest BCUT2D eigenvalue weighted by atomic mass is 10.1. The Hall–Kier alpha value is -2.33. The highest BCUT2D eigenvalue weighted by molar-refractivity contribution is 6.34. The molecular weight excluding hydrogens is 336 g/mol. The molecule has 0 unspecified atom stereocenters. The Bertz CT molecular complexity index is 740. The number of benzene rings is 2. The Kier molecular flexibility index (Phi) is 7.02. The highest BCUT2D eigenvalue weighted by atomic mass is 35.5. The van der Waals surface area contributed by atoms with Gasteiger partial charge in [0.05, 0.1) is 21.8 Å². The molecule has 0 aromatic heterocycles. The zero-order chi connectivity index (χ0) is 18.2. The second-order valence-corrected chi connectivity index (χ2v) is 6.18. The van der Waals surface area contributed by atoms with Crippen LogP contribution in [0.25, 0.3) is 0 Å². The van der Waals surface area contributed by atoms with Gasteiger partial charge in [-0.05, 0) is 37.1 Å². The van der Waals surface area contributed by atoms with E-state index in [9.17, 15) is 9.59 Å². The van der Waals surface area contributed by atoms with Crippen molar-refractivity contribution in [3.8, 4) is 0 Å². The van der Waals surface area contributed by atoms with Crippen molar-refractivity contribution in [2.75, 3.05) is 18.4 Å². The van der Waals surface area contributed by atoms with Crippen LogP contribution in [0.5, 0.6) is 0 Å². The van der Waals surface area contributed by atoms with Crippen LogP contribution in [0.2, 0.25) is 5.02 Å². The number of amides is 2. The predicted molar refractivity (Wildman–Crippen MR) is 102 cm³/mol. The molecule has 2 aromatic rings. The van der Waals surface area contributed by atoms with E-state index in [1.165, 1.54) is 0 Å². The van der Waals surface area contributed by atoms with Crippen molar-refractivity contribution >= 4 is 29.1 Å². The van der Waals surface area contributed by atoms with E-state index >= 15 is 0 Å². The lowest BCUT2D eigenvalue weighted by Gasteiger charge is -2.23. The Morgan fingerprint density at radius 2 is 1.48 bits per heavy atom. The fraction of sp³-hybridized carbons (Fsp3) is 0.300. The third kappa shape index (κ3) is 4.83. The van der Waals surface area contributed by atoms with E-state index < -0.39 is 0 Å². The number of carbonyl (C=O) groups is 2. The van der Waals surface area contributed by atoms with Gasteiger partial charge < -0.3 is 10.2 Å². The van der Waals surface area contributed by atoms with Crippen LogP contribution in [0.15, 0.2) is 48.5 Å². The van der Waals surface area contributed by atoms with Crippen molar-refractivity contribution in [1.29, 1.82) is 0 Å². The summed E-state index contributed by atoms with van der Waals surface area (Å²) in [7, 11) is 0. The molecule has 0 saturated carbocycles. The van der Waals surface area contributed by atoms with E-state index in [0.29, 0.717) is 34.9 Å². The summed E-state index contributed by atoms with van der Waals surface area (Å²) in [6, 6.07) is 13.9. The fourth-order valence-electron chi connectivity index (χ4n) is 2.64. The molecule has 25 heavy (non-hydrogen) atoms. The minimum Gasteiger partial charge on any atom is -0.339 e. The van der Waals surface area contributed by atoms with Gasteiger partial charge in [-0.15, -0.1) is 0 Å². The zero-order valence-corrected chi connectivity index (χ0v) is 15.3. The molecule has 2 aromatic carbocycles. The van der Waals surface area contributed by atoms with E-state index in [1.54, 1.807) is 48.5 Å². The first-order chi connectivity index (χ1) is 12.1. The smallest absolute Gasteiger partial charge is 0.257 e. The summed E-state index contributed by atoms with van der Waals surface area (Å²) < 4.78 is 0. The third-order valence-electron chi connectivity index (χ3n) is 3.80. The van der Waals surface area contributed by atoms with E-state index in [4.69, 9.17) is 11.6 Å². The molecule has 5 heteroatoms. The van der Waals surface area contributed by atoms with Crippen LogP contribution in [-0.2, 0) is 0 Å². The zero-order valence-electron chi connectivity index (χ0n) is 14.6. The SMILES string of the molecule is CCCN(CCC)C(=O)c1ccccc1NC(=O)c1ccccc1Cl. The quantitative estimate of drug-likeness (QED) is 0.768. The standard InChI is InChI=1S/C20H23ClN2O2/c1-3-13-23(14-4-2)20(25)16-10-6-8-12-18(16)22-19(24)15-9-5-7-11-17(15)21/h5-12H,3-4,13-14H2,1-2H3,(H,22,24). The average Bonchev–Trinajstić information content (AvgIpc) is 2.61. The van der Waals surface area contributed by atoms with E-state index in [0.717, 1.165) is 12.8 Å². The van der Waals surface area contributed by atoms with Gasteiger partial charge in [0.15, 0.2) is 0 Å². The molecule has 0 bridgehead atoms. The van der Waals surface area contributed by atoms with Crippen molar-refractivity contribution in [2.45, 2.75) is 26.7 Å². The molecule has 132 valence electrons. The van der Waals surface area contributed by atoms with Crippen molar-refractivity contribution in [3.05, 3.63) is 64.7 Å².